The first-order valence-electron chi connectivity index (χ1n) is 12.0. The summed E-state index contributed by atoms with van der Waals surface area (Å²) in [6.45, 7) is 3.03. The summed E-state index contributed by atoms with van der Waals surface area (Å²) in [5.41, 5.74) is -1.38. The van der Waals surface area contributed by atoms with Gasteiger partial charge in [-0.05, 0) is 54.7 Å². The van der Waals surface area contributed by atoms with Gasteiger partial charge in [0.25, 0.3) is 5.91 Å². The van der Waals surface area contributed by atoms with Crippen molar-refractivity contribution in [3.63, 3.8) is 0 Å². The summed E-state index contributed by atoms with van der Waals surface area (Å²) < 4.78 is 65.3. The first-order valence-corrected chi connectivity index (χ1v) is 13.7. The Balaban J connectivity index is 1.66. The minimum Gasteiger partial charge on any atom is -0.465 e. The minimum atomic E-state index is -4.78. The maximum absolute atomic E-state index is 13.1. The van der Waals surface area contributed by atoms with Crippen molar-refractivity contribution in [3.05, 3.63) is 65.7 Å². The van der Waals surface area contributed by atoms with Crippen LogP contribution in [-0.4, -0.2) is 49.8 Å². The van der Waals surface area contributed by atoms with Crippen molar-refractivity contribution < 1.29 is 41.1 Å². The molecule has 2 unspecified atom stereocenters. The number of amides is 3. The number of rotatable bonds is 9. The second kappa shape index (κ2) is 12.3. The lowest BCUT2D eigenvalue weighted by Gasteiger charge is -2.32. The Hall–Kier alpha value is -3.87. The summed E-state index contributed by atoms with van der Waals surface area (Å²) in [7, 11) is -3.65. The SMILES string of the molecule is C=Cc1ccc(S(=O)(=O)CC2CCCCC2NC(=O)CNC(=O)c2cc(C(F)(F)F)ccc2NC(=O)O)cc1. The van der Waals surface area contributed by atoms with E-state index in [-0.39, 0.29) is 22.3 Å². The van der Waals surface area contributed by atoms with Crippen molar-refractivity contribution in [2.24, 2.45) is 5.92 Å². The van der Waals surface area contributed by atoms with E-state index in [1.165, 1.54) is 12.1 Å². The van der Waals surface area contributed by atoms with Gasteiger partial charge in [-0.3, -0.25) is 14.9 Å². The van der Waals surface area contributed by atoms with Crippen molar-refractivity contribution in [1.29, 1.82) is 0 Å². The van der Waals surface area contributed by atoms with Gasteiger partial charge in [0.2, 0.25) is 5.91 Å². The van der Waals surface area contributed by atoms with Crippen LogP contribution in [0.15, 0.2) is 53.9 Å². The molecule has 13 heteroatoms. The van der Waals surface area contributed by atoms with Gasteiger partial charge in [0.15, 0.2) is 9.84 Å². The first kappa shape index (κ1) is 29.7. The van der Waals surface area contributed by atoms with Crippen LogP contribution in [0.5, 0.6) is 0 Å². The fourth-order valence-corrected chi connectivity index (χ4v) is 6.14. The smallest absolute Gasteiger partial charge is 0.416 e. The molecule has 1 aliphatic carbocycles. The number of benzene rings is 2. The molecule has 0 aliphatic heterocycles. The van der Waals surface area contributed by atoms with E-state index in [1.807, 2.05) is 5.32 Å². The number of sulfone groups is 1. The van der Waals surface area contributed by atoms with Crippen molar-refractivity contribution in [1.82, 2.24) is 10.6 Å². The largest absolute Gasteiger partial charge is 0.465 e. The number of carboxylic acid groups (broad SMARTS) is 1. The Kier molecular flexibility index (Phi) is 9.38. The molecule has 2 aromatic carbocycles. The van der Waals surface area contributed by atoms with E-state index >= 15 is 0 Å². The van der Waals surface area contributed by atoms with Gasteiger partial charge in [0.05, 0.1) is 34.0 Å². The molecule has 0 spiro atoms. The fraction of sp³-hybridized carbons (Fsp3) is 0.346. The van der Waals surface area contributed by atoms with E-state index in [9.17, 15) is 36.0 Å². The van der Waals surface area contributed by atoms with Crippen LogP contribution < -0.4 is 16.0 Å². The molecule has 3 amide bonds. The van der Waals surface area contributed by atoms with Crippen LogP contribution >= 0.6 is 0 Å². The zero-order valence-electron chi connectivity index (χ0n) is 20.8. The van der Waals surface area contributed by atoms with Crippen LogP contribution in [0.3, 0.4) is 0 Å². The second-order valence-electron chi connectivity index (χ2n) is 9.14. The Bertz CT molecular complexity index is 1340. The molecular formula is C26H28F3N3O6S. The van der Waals surface area contributed by atoms with E-state index in [0.29, 0.717) is 25.0 Å². The quantitative estimate of drug-likeness (QED) is 0.356. The Labute approximate surface area is 223 Å². The van der Waals surface area contributed by atoms with Gasteiger partial charge < -0.3 is 15.7 Å². The van der Waals surface area contributed by atoms with E-state index in [2.05, 4.69) is 17.2 Å². The van der Waals surface area contributed by atoms with E-state index in [0.717, 1.165) is 24.5 Å². The topological polar surface area (TPSA) is 142 Å². The molecule has 1 saturated carbocycles. The summed E-state index contributed by atoms with van der Waals surface area (Å²) >= 11 is 0. The Morgan fingerprint density at radius 3 is 2.33 bits per heavy atom. The summed E-state index contributed by atoms with van der Waals surface area (Å²) in [6, 6.07) is 7.73. The number of carbonyl (C=O) groups is 3. The molecule has 2 atom stereocenters. The average molecular weight is 568 g/mol. The van der Waals surface area contributed by atoms with Gasteiger partial charge in [-0.15, -0.1) is 0 Å². The minimum absolute atomic E-state index is 0.155. The van der Waals surface area contributed by atoms with Crippen LogP contribution in [-0.2, 0) is 20.8 Å². The first-order chi connectivity index (χ1) is 18.3. The number of anilines is 1. The van der Waals surface area contributed by atoms with Gasteiger partial charge in [0.1, 0.15) is 0 Å². The van der Waals surface area contributed by atoms with Crippen molar-refractivity contribution >= 4 is 39.5 Å². The molecule has 2 aromatic rings. The molecule has 0 saturated heterocycles. The lowest BCUT2D eigenvalue weighted by atomic mass is 9.86. The molecule has 210 valence electrons. The van der Waals surface area contributed by atoms with Crippen LogP contribution in [0.4, 0.5) is 23.7 Å². The van der Waals surface area contributed by atoms with Crippen LogP contribution in [0, 0.1) is 5.92 Å². The summed E-state index contributed by atoms with van der Waals surface area (Å²) in [6.07, 6.45) is -2.14. The predicted octanol–water partition coefficient (Wildman–Crippen LogP) is 4.32. The highest BCUT2D eigenvalue weighted by Gasteiger charge is 2.33. The van der Waals surface area contributed by atoms with Gasteiger partial charge in [-0.25, -0.2) is 13.2 Å². The van der Waals surface area contributed by atoms with Crippen LogP contribution in [0.2, 0.25) is 0 Å². The van der Waals surface area contributed by atoms with Gasteiger partial charge in [-0.2, -0.15) is 13.2 Å². The molecule has 0 heterocycles. The van der Waals surface area contributed by atoms with Crippen LogP contribution in [0.25, 0.3) is 6.08 Å². The van der Waals surface area contributed by atoms with Gasteiger partial charge in [0, 0.05) is 6.04 Å². The average Bonchev–Trinajstić information content (AvgIpc) is 2.87. The van der Waals surface area contributed by atoms with Gasteiger partial charge >= 0.3 is 12.3 Å². The van der Waals surface area contributed by atoms with Crippen molar-refractivity contribution in [2.45, 2.75) is 42.8 Å². The summed E-state index contributed by atoms with van der Waals surface area (Å²) in [4.78, 5) is 36.4. The Morgan fingerprint density at radius 2 is 1.72 bits per heavy atom. The molecule has 0 radical (unpaired) electrons. The molecule has 4 N–H and O–H groups in total. The summed E-state index contributed by atoms with van der Waals surface area (Å²) in [5.74, 6) is -2.32. The molecule has 1 fully saturated rings. The Morgan fingerprint density at radius 1 is 1.05 bits per heavy atom. The maximum atomic E-state index is 13.1. The normalized spacial score (nSPS) is 17.6. The molecule has 3 rings (SSSR count). The zero-order valence-corrected chi connectivity index (χ0v) is 21.6. The maximum Gasteiger partial charge on any atom is 0.416 e. The highest BCUT2D eigenvalue weighted by molar-refractivity contribution is 7.91. The van der Waals surface area contributed by atoms with E-state index in [4.69, 9.17) is 5.11 Å². The van der Waals surface area contributed by atoms with E-state index in [1.54, 1.807) is 18.2 Å². The van der Waals surface area contributed by atoms with Crippen molar-refractivity contribution in [3.8, 4) is 0 Å². The molecule has 1 aliphatic rings. The standard InChI is InChI=1S/C26H28F3N3O6S/c1-2-16-7-10-19(11-8-16)39(37,38)15-17-5-3-4-6-21(17)31-23(33)14-30-24(34)20-13-18(26(27,28)29)9-12-22(20)32-25(35)36/h2,7-13,17,21,32H,1,3-6,14-15H2,(H,30,34)(H,31,33)(H,35,36). The third-order valence-corrected chi connectivity index (χ3v) is 8.26. The highest BCUT2D eigenvalue weighted by Crippen LogP contribution is 2.32. The monoisotopic (exact) mass is 567 g/mol. The molecule has 9 nitrogen and oxygen atoms in total. The number of hydrogen-bond acceptors (Lipinski definition) is 5. The summed E-state index contributed by atoms with van der Waals surface area (Å²) in [5, 5.41) is 15.7. The van der Waals surface area contributed by atoms with Gasteiger partial charge in [-0.1, -0.05) is 37.6 Å². The second-order valence-corrected chi connectivity index (χ2v) is 11.2. The molecular weight excluding hydrogens is 539 g/mol. The van der Waals surface area contributed by atoms with E-state index < -0.39 is 57.6 Å². The molecule has 0 bridgehead atoms. The fourth-order valence-electron chi connectivity index (χ4n) is 4.43. The van der Waals surface area contributed by atoms with Crippen molar-refractivity contribution in [2.75, 3.05) is 17.6 Å². The molecule has 0 aromatic heterocycles. The third kappa shape index (κ3) is 8.06. The third-order valence-electron chi connectivity index (χ3n) is 6.41. The van der Waals surface area contributed by atoms with Crippen LogP contribution in [0.1, 0.15) is 47.2 Å². The number of carbonyl (C=O) groups excluding carboxylic acids is 2. The molecule has 39 heavy (non-hydrogen) atoms. The lowest BCUT2D eigenvalue weighted by molar-refractivity contribution is -0.137. The predicted molar refractivity (Wildman–Crippen MR) is 138 cm³/mol. The number of alkyl halides is 3. The number of hydrogen-bond donors (Lipinski definition) is 4. The highest BCUT2D eigenvalue weighted by atomic mass is 32.2. The number of nitrogens with one attached hydrogen (secondary N) is 3. The lowest BCUT2D eigenvalue weighted by Crippen LogP contribution is -2.47. The zero-order chi connectivity index (χ0) is 28.8. The number of halogens is 3.